The molecule has 1 heterocycles. The van der Waals surface area contributed by atoms with Crippen LogP contribution < -0.4 is 5.32 Å². The molecule has 1 unspecified atom stereocenters. The molecule has 1 amide bonds. The SMILES string of the molecule is CN=S(C)(=O)c1cccc(COC(=O)N[C@@H](Cc2coc3ccccc23)B(O)O)c1. The van der Waals surface area contributed by atoms with E-state index < -0.39 is 28.9 Å². The summed E-state index contributed by atoms with van der Waals surface area (Å²) in [5.41, 5.74) is 2.05. The average Bonchev–Trinajstić information content (AvgIpc) is 3.15. The second-order valence-corrected chi connectivity index (χ2v) is 9.28. The maximum atomic E-state index is 12.4. The van der Waals surface area contributed by atoms with Gasteiger partial charge in [-0.2, -0.15) is 0 Å². The summed E-state index contributed by atoms with van der Waals surface area (Å²) < 4.78 is 26.9. The molecular formula is C20H23BN2O6S. The molecule has 3 aromatic rings. The summed E-state index contributed by atoms with van der Waals surface area (Å²) >= 11 is 0. The Hall–Kier alpha value is -2.82. The van der Waals surface area contributed by atoms with Gasteiger partial charge in [0.15, 0.2) is 0 Å². The highest BCUT2D eigenvalue weighted by atomic mass is 32.2. The summed E-state index contributed by atoms with van der Waals surface area (Å²) in [7, 11) is -2.79. The molecule has 30 heavy (non-hydrogen) atoms. The number of carbonyl (C=O) groups is 1. The molecular weight excluding hydrogens is 407 g/mol. The monoisotopic (exact) mass is 430 g/mol. The Morgan fingerprint density at radius 2 is 2.03 bits per heavy atom. The van der Waals surface area contributed by atoms with Gasteiger partial charge in [0.1, 0.15) is 12.2 Å². The van der Waals surface area contributed by atoms with Crippen LogP contribution in [-0.2, 0) is 27.5 Å². The van der Waals surface area contributed by atoms with Crippen LogP contribution in [0, 0.1) is 0 Å². The number of carbonyl (C=O) groups excluding carboxylic acids is 1. The molecule has 0 radical (unpaired) electrons. The first-order valence-electron chi connectivity index (χ1n) is 9.24. The molecule has 0 saturated carbocycles. The lowest BCUT2D eigenvalue weighted by Crippen LogP contribution is -2.48. The van der Waals surface area contributed by atoms with Gasteiger partial charge in [0.05, 0.1) is 21.9 Å². The van der Waals surface area contributed by atoms with Crippen LogP contribution in [0.4, 0.5) is 4.79 Å². The van der Waals surface area contributed by atoms with E-state index in [0.717, 1.165) is 10.9 Å². The van der Waals surface area contributed by atoms with Crippen molar-refractivity contribution < 1.29 is 28.2 Å². The van der Waals surface area contributed by atoms with E-state index in [1.54, 1.807) is 30.3 Å². The molecule has 8 nitrogen and oxygen atoms in total. The Morgan fingerprint density at radius 1 is 1.27 bits per heavy atom. The minimum absolute atomic E-state index is 0.0677. The second kappa shape index (κ2) is 9.33. The van der Waals surface area contributed by atoms with Crippen molar-refractivity contribution in [2.75, 3.05) is 13.3 Å². The minimum Gasteiger partial charge on any atom is -0.464 e. The summed E-state index contributed by atoms with van der Waals surface area (Å²) in [6.45, 7) is -0.0677. The van der Waals surface area contributed by atoms with Crippen LogP contribution in [0.5, 0.6) is 0 Å². The van der Waals surface area contributed by atoms with Crippen molar-refractivity contribution in [1.82, 2.24) is 5.32 Å². The molecule has 0 aliphatic heterocycles. The number of amides is 1. The molecule has 0 saturated heterocycles. The fourth-order valence-corrected chi connectivity index (χ4v) is 3.89. The molecule has 2 atom stereocenters. The Morgan fingerprint density at radius 3 is 2.77 bits per heavy atom. The first-order chi connectivity index (χ1) is 14.3. The fraction of sp³-hybridized carbons (Fsp3) is 0.250. The van der Waals surface area contributed by atoms with E-state index in [4.69, 9.17) is 9.15 Å². The Labute approximate surface area is 175 Å². The number of hydrogen-bond donors (Lipinski definition) is 3. The van der Waals surface area contributed by atoms with Crippen molar-refractivity contribution in [3.63, 3.8) is 0 Å². The molecule has 0 aliphatic rings. The summed E-state index contributed by atoms with van der Waals surface area (Å²) in [5, 5.41) is 22.7. The number of benzene rings is 2. The van der Waals surface area contributed by atoms with Gasteiger partial charge in [0, 0.05) is 23.6 Å². The largest absolute Gasteiger partial charge is 0.475 e. The lowest BCUT2D eigenvalue weighted by molar-refractivity contribution is 0.136. The number of rotatable bonds is 7. The summed E-state index contributed by atoms with van der Waals surface area (Å²) in [6, 6.07) is 14.2. The highest BCUT2D eigenvalue weighted by Crippen LogP contribution is 2.22. The lowest BCUT2D eigenvalue weighted by atomic mass is 9.76. The summed E-state index contributed by atoms with van der Waals surface area (Å²) in [5.74, 6) is -0.988. The molecule has 158 valence electrons. The minimum atomic E-state index is -2.49. The van der Waals surface area contributed by atoms with Crippen molar-refractivity contribution in [1.29, 1.82) is 0 Å². The number of nitrogens with one attached hydrogen (secondary N) is 1. The van der Waals surface area contributed by atoms with Gasteiger partial charge in [-0.25, -0.2) is 13.4 Å². The third kappa shape index (κ3) is 5.21. The molecule has 1 aromatic heterocycles. The number of alkyl carbamates (subject to hydrolysis) is 1. The van der Waals surface area contributed by atoms with Gasteiger partial charge in [-0.3, -0.25) is 0 Å². The van der Waals surface area contributed by atoms with E-state index in [1.807, 2.05) is 18.2 Å². The van der Waals surface area contributed by atoms with Crippen LogP contribution in [0.15, 0.2) is 68.5 Å². The zero-order valence-corrected chi connectivity index (χ0v) is 17.5. The Bertz CT molecular complexity index is 1150. The Balaban J connectivity index is 1.64. The molecule has 10 heteroatoms. The van der Waals surface area contributed by atoms with Crippen molar-refractivity contribution in [2.45, 2.75) is 23.9 Å². The molecule has 2 aromatic carbocycles. The standard InChI is InChI=1S/C20H23BN2O6S/c1-22-30(2,27)16-7-5-6-14(10-16)12-29-20(24)23-19(21(25)26)11-15-13-28-18-9-4-3-8-17(15)18/h3-10,13,19,25-26H,11-12H2,1-2H3,(H,23,24)/t19-,30?/m0/s1. The number of furan rings is 1. The van der Waals surface area contributed by atoms with E-state index in [-0.39, 0.29) is 13.0 Å². The van der Waals surface area contributed by atoms with Gasteiger partial charge in [0.25, 0.3) is 0 Å². The van der Waals surface area contributed by atoms with Crippen LogP contribution >= 0.6 is 0 Å². The first kappa shape index (κ1) is 21.9. The predicted molar refractivity (Wildman–Crippen MR) is 114 cm³/mol. The van der Waals surface area contributed by atoms with Crippen molar-refractivity contribution in [2.24, 2.45) is 4.36 Å². The molecule has 0 spiro atoms. The smallest absolute Gasteiger partial charge is 0.464 e. The van der Waals surface area contributed by atoms with Gasteiger partial charge in [-0.1, -0.05) is 30.3 Å². The van der Waals surface area contributed by atoms with Crippen molar-refractivity contribution >= 4 is 33.9 Å². The van der Waals surface area contributed by atoms with Crippen LogP contribution in [0.25, 0.3) is 11.0 Å². The number of nitrogens with zero attached hydrogens (tertiary/aromatic N) is 1. The van der Waals surface area contributed by atoms with E-state index in [9.17, 15) is 19.1 Å². The second-order valence-electron chi connectivity index (χ2n) is 6.83. The number of fused-ring (bicyclic) bond motifs is 1. The zero-order chi connectivity index (χ0) is 21.7. The van der Waals surface area contributed by atoms with E-state index in [2.05, 4.69) is 9.68 Å². The average molecular weight is 430 g/mol. The van der Waals surface area contributed by atoms with Crippen LogP contribution in [-0.4, -0.2) is 46.7 Å². The molecule has 0 fully saturated rings. The summed E-state index contributed by atoms with van der Waals surface area (Å²) in [4.78, 5) is 12.8. The van der Waals surface area contributed by atoms with Gasteiger partial charge in [0.2, 0.25) is 0 Å². The number of hydrogen-bond acceptors (Lipinski definition) is 7. The van der Waals surface area contributed by atoms with Crippen LogP contribution in [0.3, 0.4) is 0 Å². The molecule has 0 bridgehead atoms. The van der Waals surface area contributed by atoms with Gasteiger partial charge >= 0.3 is 13.2 Å². The predicted octanol–water partition coefficient (Wildman–Crippen LogP) is 2.37. The topological polar surface area (TPSA) is 121 Å². The highest BCUT2D eigenvalue weighted by Gasteiger charge is 2.27. The Kier molecular flexibility index (Phi) is 6.81. The van der Waals surface area contributed by atoms with Crippen LogP contribution in [0.2, 0.25) is 0 Å². The van der Waals surface area contributed by atoms with Gasteiger partial charge < -0.3 is 24.5 Å². The van der Waals surface area contributed by atoms with Crippen LogP contribution in [0.1, 0.15) is 11.1 Å². The van der Waals surface area contributed by atoms with Crippen molar-refractivity contribution in [3.8, 4) is 0 Å². The van der Waals surface area contributed by atoms with E-state index >= 15 is 0 Å². The number of ether oxygens (including phenoxy) is 1. The third-order valence-electron chi connectivity index (χ3n) is 4.72. The zero-order valence-electron chi connectivity index (χ0n) is 16.6. The van der Waals surface area contributed by atoms with Crippen molar-refractivity contribution in [3.05, 3.63) is 65.9 Å². The van der Waals surface area contributed by atoms with E-state index in [1.165, 1.54) is 19.6 Å². The maximum Gasteiger partial charge on any atom is 0.475 e. The maximum absolute atomic E-state index is 12.4. The fourth-order valence-electron chi connectivity index (χ4n) is 2.98. The first-order valence-corrected chi connectivity index (χ1v) is 11.2. The quantitative estimate of drug-likeness (QED) is 0.495. The molecule has 0 aliphatic carbocycles. The molecule has 3 rings (SSSR count). The highest BCUT2D eigenvalue weighted by molar-refractivity contribution is 7.93. The molecule has 3 N–H and O–H groups in total. The normalized spacial score (nSPS) is 14.0. The van der Waals surface area contributed by atoms with Gasteiger partial charge in [-0.15, -0.1) is 0 Å². The lowest BCUT2D eigenvalue weighted by Gasteiger charge is -2.17. The summed E-state index contributed by atoms with van der Waals surface area (Å²) in [6.07, 6.45) is 2.41. The number of para-hydroxylation sites is 1. The van der Waals surface area contributed by atoms with E-state index in [0.29, 0.717) is 16.0 Å². The van der Waals surface area contributed by atoms with Gasteiger partial charge in [-0.05, 0) is 35.7 Å². The third-order valence-corrected chi connectivity index (χ3v) is 6.54.